The first-order valence-electron chi connectivity index (χ1n) is 5.65. The van der Waals surface area contributed by atoms with Gasteiger partial charge in [-0.1, -0.05) is 11.6 Å². The van der Waals surface area contributed by atoms with Crippen LogP contribution in [0, 0.1) is 12.7 Å². The molecule has 2 N–H and O–H groups in total. The van der Waals surface area contributed by atoms with Gasteiger partial charge in [-0.05, 0) is 37.1 Å². The molecule has 18 heavy (non-hydrogen) atoms. The van der Waals surface area contributed by atoms with Crippen LogP contribution in [0.5, 0.6) is 0 Å². The average Bonchev–Trinajstić information content (AvgIpc) is 2.69. The predicted octanol–water partition coefficient (Wildman–Crippen LogP) is 3.36. The zero-order valence-electron chi connectivity index (χ0n) is 9.99. The molecule has 0 saturated heterocycles. The summed E-state index contributed by atoms with van der Waals surface area (Å²) in [4.78, 5) is 4.35. The van der Waals surface area contributed by atoms with E-state index in [4.69, 9.17) is 17.3 Å². The fraction of sp³-hybridized carbons (Fsp3) is 0.308. The summed E-state index contributed by atoms with van der Waals surface area (Å²) in [6, 6.07) is 4.39. The van der Waals surface area contributed by atoms with E-state index in [1.807, 2.05) is 12.3 Å². The predicted molar refractivity (Wildman–Crippen MR) is 73.6 cm³/mol. The molecule has 0 radical (unpaired) electrons. The highest BCUT2D eigenvalue weighted by Crippen LogP contribution is 2.18. The highest BCUT2D eigenvalue weighted by Gasteiger charge is 2.11. The Kier molecular flexibility index (Phi) is 4.32. The van der Waals surface area contributed by atoms with Crippen molar-refractivity contribution in [2.45, 2.75) is 25.8 Å². The lowest BCUT2D eigenvalue weighted by Gasteiger charge is -2.11. The van der Waals surface area contributed by atoms with Crippen molar-refractivity contribution in [1.82, 2.24) is 4.98 Å². The number of thiazole rings is 1. The van der Waals surface area contributed by atoms with Crippen molar-refractivity contribution in [2.75, 3.05) is 0 Å². The average molecular weight is 285 g/mol. The molecule has 5 heteroatoms. The number of benzene rings is 1. The van der Waals surface area contributed by atoms with Crippen LogP contribution in [0.15, 0.2) is 23.6 Å². The molecule has 1 unspecified atom stereocenters. The van der Waals surface area contributed by atoms with Crippen LogP contribution in [-0.4, -0.2) is 11.0 Å². The fourth-order valence-corrected chi connectivity index (χ4v) is 2.84. The van der Waals surface area contributed by atoms with Gasteiger partial charge < -0.3 is 5.73 Å². The van der Waals surface area contributed by atoms with Crippen LogP contribution < -0.4 is 5.73 Å². The zero-order chi connectivity index (χ0) is 13.1. The number of rotatable bonds is 4. The summed E-state index contributed by atoms with van der Waals surface area (Å²) in [7, 11) is 0. The van der Waals surface area contributed by atoms with E-state index in [-0.39, 0.29) is 11.9 Å². The van der Waals surface area contributed by atoms with Gasteiger partial charge in [-0.25, -0.2) is 9.37 Å². The fourth-order valence-electron chi connectivity index (χ4n) is 1.78. The number of aryl methyl sites for hydroxylation is 1. The minimum absolute atomic E-state index is 0.150. The quantitative estimate of drug-likeness (QED) is 0.935. The molecule has 1 aromatic heterocycles. The Balaban J connectivity index is 2.02. The summed E-state index contributed by atoms with van der Waals surface area (Å²) in [5.74, 6) is -0.259. The van der Waals surface area contributed by atoms with E-state index in [0.717, 1.165) is 10.7 Å². The van der Waals surface area contributed by atoms with Crippen molar-refractivity contribution in [2.24, 2.45) is 5.73 Å². The van der Waals surface area contributed by atoms with Crippen molar-refractivity contribution in [1.29, 1.82) is 0 Å². The molecule has 0 spiro atoms. The lowest BCUT2D eigenvalue weighted by Crippen LogP contribution is -2.26. The van der Waals surface area contributed by atoms with Crippen molar-refractivity contribution >= 4 is 22.9 Å². The number of halogens is 2. The van der Waals surface area contributed by atoms with Gasteiger partial charge in [0.05, 0.1) is 5.01 Å². The summed E-state index contributed by atoms with van der Waals surface area (Å²) in [6.07, 6.45) is 1.12. The lowest BCUT2D eigenvalue weighted by molar-refractivity contribution is 0.583. The first-order chi connectivity index (χ1) is 8.54. The van der Waals surface area contributed by atoms with Crippen LogP contribution in [0.3, 0.4) is 0 Å². The van der Waals surface area contributed by atoms with Crippen molar-refractivity contribution in [3.05, 3.63) is 50.7 Å². The van der Waals surface area contributed by atoms with Crippen LogP contribution in [0.1, 0.15) is 16.3 Å². The number of nitrogens with zero attached hydrogens (tertiary/aromatic N) is 1. The van der Waals surface area contributed by atoms with Crippen molar-refractivity contribution in [3.63, 3.8) is 0 Å². The van der Waals surface area contributed by atoms with Crippen LogP contribution in [0.2, 0.25) is 5.02 Å². The summed E-state index contributed by atoms with van der Waals surface area (Å²) in [5.41, 5.74) is 7.58. The third kappa shape index (κ3) is 3.51. The Morgan fingerprint density at radius 1 is 1.44 bits per heavy atom. The van der Waals surface area contributed by atoms with Gasteiger partial charge in [0.2, 0.25) is 0 Å². The molecule has 0 aliphatic rings. The van der Waals surface area contributed by atoms with Gasteiger partial charge in [0.25, 0.3) is 0 Å². The summed E-state index contributed by atoms with van der Waals surface area (Å²) < 4.78 is 13.5. The normalized spacial score (nSPS) is 12.7. The summed E-state index contributed by atoms with van der Waals surface area (Å²) >= 11 is 7.43. The summed E-state index contributed by atoms with van der Waals surface area (Å²) in [5, 5.41) is 3.51. The molecule has 0 saturated carbocycles. The minimum Gasteiger partial charge on any atom is -0.327 e. The molecule has 0 fully saturated rings. The minimum atomic E-state index is -0.259. The number of nitrogens with two attached hydrogens (primary N) is 1. The standard InChI is InChI=1S/C13H14ClFN2S/c1-8-7-18-13(17-8)6-11(16)5-9-4-10(14)2-3-12(9)15/h2-4,7,11H,5-6,16H2,1H3. The molecule has 0 aliphatic carbocycles. The molecule has 0 bridgehead atoms. The highest BCUT2D eigenvalue weighted by atomic mass is 35.5. The zero-order valence-corrected chi connectivity index (χ0v) is 11.6. The monoisotopic (exact) mass is 284 g/mol. The third-order valence-corrected chi connectivity index (χ3v) is 3.82. The van der Waals surface area contributed by atoms with Crippen LogP contribution in [0.25, 0.3) is 0 Å². The molecule has 96 valence electrons. The van der Waals surface area contributed by atoms with Gasteiger partial charge in [0.15, 0.2) is 0 Å². The van der Waals surface area contributed by atoms with Crippen LogP contribution in [0.4, 0.5) is 4.39 Å². The van der Waals surface area contributed by atoms with Crippen molar-refractivity contribution in [3.8, 4) is 0 Å². The molecular formula is C13H14ClFN2S. The Bertz CT molecular complexity index is 542. The van der Waals surface area contributed by atoms with Gasteiger partial charge in [0, 0.05) is 28.6 Å². The molecule has 0 amide bonds. The molecule has 2 nitrogen and oxygen atoms in total. The second-order valence-electron chi connectivity index (χ2n) is 4.29. The maximum Gasteiger partial charge on any atom is 0.126 e. The Morgan fingerprint density at radius 3 is 2.89 bits per heavy atom. The van der Waals surface area contributed by atoms with Gasteiger partial charge in [0.1, 0.15) is 5.82 Å². The summed E-state index contributed by atoms with van der Waals surface area (Å²) in [6.45, 7) is 1.95. The van der Waals surface area contributed by atoms with E-state index >= 15 is 0 Å². The first kappa shape index (κ1) is 13.5. The third-order valence-electron chi connectivity index (χ3n) is 2.59. The van der Waals surface area contributed by atoms with E-state index in [1.54, 1.807) is 17.4 Å². The Labute approximate surface area is 115 Å². The van der Waals surface area contributed by atoms with E-state index in [1.165, 1.54) is 12.1 Å². The molecule has 1 atom stereocenters. The molecule has 1 aromatic carbocycles. The van der Waals surface area contributed by atoms with Crippen LogP contribution >= 0.6 is 22.9 Å². The maximum atomic E-state index is 13.5. The molecule has 2 aromatic rings. The number of hydrogen-bond donors (Lipinski definition) is 1. The number of hydrogen-bond acceptors (Lipinski definition) is 3. The smallest absolute Gasteiger partial charge is 0.126 e. The van der Waals surface area contributed by atoms with E-state index in [0.29, 0.717) is 23.4 Å². The topological polar surface area (TPSA) is 38.9 Å². The van der Waals surface area contributed by atoms with Gasteiger partial charge >= 0.3 is 0 Å². The maximum absolute atomic E-state index is 13.5. The number of aromatic nitrogens is 1. The highest BCUT2D eigenvalue weighted by molar-refractivity contribution is 7.09. The van der Waals surface area contributed by atoms with Gasteiger partial charge in [-0.2, -0.15) is 0 Å². The molecule has 0 aliphatic heterocycles. The molecule has 1 heterocycles. The van der Waals surface area contributed by atoms with E-state index in [9.17, 15) is 4.39 Å². The first-order valence-corrected chi connectivity index (χ1v) is 6.91. The van der Waals surface area contributed by atoms with E-state index in [2.05, 4.69) is 4.98 Å². The Hall–Kier alpha value is -0.970. The second kappa shape index (κ2) is 5.78. The molecule has 2 rings (SSSR count). The van der Waals surface area contributed by atoms with Crippen LogP contribution in [-0.2, 0) is 12.8 Å². The lowest BCUT2D eigenvalue weighted by atomic mass is 10.0. The largest absolute Gasteiger partial charge is 0.327 e. The van der Waals surface area contributed by atoms with E-state index < -0.39 is 0 Å². The Morgan fingerprint density at radius 2 is 2.22 bits per heavy atom. The van der Waals surface area contributed by atoms with Gasteiger partial charge in [-0.15, -0.1) is 11.3 Å². The SMILES string of the molecule is Cc1csc(CC(N)Cc2cc(Cl)ccc2F)n1. The van der Waals surface area contributed by atoms with Crippen molar-refractivity contribution < 1.29 is 4.39 Å². The molecular weight excluding hydrogens is 271 g/mol. The van der Waals surface area contributed by atoms with Gasteiger partial charge in [-0.3, -0.25) is 0 Å². The second-order valence-corrected chi connectivity index (χ2v) is 5.67.